The molecule has 1 atom stereocenters. The lowest BCUT2D eigenvalue weighted by atomic mass is 10.1. The molecule has 2 rings (SSSR count). The summed E-state index contributed by atoms with van der Waals surface area (Å²) in [5, 5.41) is 3.35. The van der Waals surface area contributed by atoms with Gasteiger partial charge in [-0.2, -0.15) is 0 Å². The summed E-state index contributed by atoms with van der Waals surface area (Å²) in [5.41, 5.74) is 1.31. The van der Waals surface area contributed by atoms with E-state index in [4.69, 9.17) is 0 Å². The molecule has 84 valence electrons. The number of imidazole rings is 1. The lowest BCUT2D eigenvalue weighted by Gasteiger charge is -2.13. The molecule has 1 heterocycles. The van der Waals surface area contributed by atoms with Crippen LogP contribution in [0.15, 0.2) is 12.5 Å². The minimum atomic E-state index is 0.805. The number of hydrogen-bond donors (Lipinski definition) is 1. The normalized spacial score (nSPS) is 18.0. The van der Waals surface area contributed by atoms with Gasteiger partial charge in [0, 0.05) is 19.3 Å². The first kappa shape index (κ1) is 10.7. The van der Waals surface area contributed by atoms with E-state index in [2.05, 4.69) is 28.7 Å². The maximum Gasteiger partial charge on any atom is 0.0948 e. The van der Waals surface area contributed by atoms with Crippen molar-refractivity contribution in [2.45, 2.75) is 39.8 Å². The second kappa shape index (κ2) is 4.79. The van der Waals surface area contributed by atoms with E-state index < -0.39 is 0 Å². The molecule has 1 N–H and O–H groups in total. The van der Waals surface area contributed by atoms with Crippen molar-refractivity contribution in [1.82, 2.24) is 14.9 Å². The molecule has 1 saturated carbocycles. The third-order valence-electron chi connectivity index (χ3n) is 3.27. The Morgan fingerprint density at radius 3 is 3.07 bits per heavy atom. The largest absolute Gasteiger partial charge is 0.333 e. The zero-order chi connectivity index (χ0) is 10.7. The molecule has 1 aromatic rings. The zero-order valence-electron chi connectivity index (χ0n) is 9.74. The lowest BCUT2D eigenvalue weighted by molar-refractivity contribution is 0.420. The van der Waals surface area contributed by atoms with Crippen molar-refractivity contribution >= 4 is 0 Å². The van der Waals surface area contributed by atoms with Crippen LogP contribution in [0, 0.1) is 11.8 Å². The molecule has 0 aromatic carbocycles. The highest BCUT2D eigenvalue weighted by Crippen LogP contribution is 2.37. The molecular weight excluding hydrogens is 186 g/mol. The van der Waals surface area contributed by atoms with Crippen molar-refractivity contribution in [2.75, 3.05) is 6.54 Å². The van der Waals surface area contributed by atoms with Gasteiger partial charge >= 0.3 is 0 Å². The van der Waals surface area contributed by atoms with Crippen molar-refractivity contribution in [3.8, 4) is 0 Å². The van der Waals surface area contributed by atoms with E-state index in [1.165, 1.54) is 18.5 Å². The molecule has 1 aliphatic carbocycles. The maximum absolute atomic E-state index is 4.23. The van der Waals surface area contributed by atoms with Crippen LogP contribution in [0.4, 0.5) is 0 Å². The molecule has 15 heavy (non-hydrogen) atoms. The topological polar surface area (TPSA) is 29.9 Å². The van der Waals surface area contributed by atoms with Gasteiger partial charge in [0.1, 0.15) is 0 Å². The maximum atomic E-state index is 4.23. The van der Waals surface area contributed by atoms with Crippen LogP contribution in [0.5, 0.6) is 0 Å². The van der Waals surface area contributed by atoms with Gasteiger partial charge in [-0.3, -0.25) is 0 Å². The molecule has 0 aliphatic heterocycles. The molecule has 0 radical (unpaired) electrons. The van der Waals surface area contributed by atoms with Gasteiger partial charge in [-0.25, -0.2) is 4.98 Å². The van der Waals surface area contributed by atoms with E-state index in [0.29, 0.717) is 0 Å². The van der Waals surface area contributed by atoms with Crippen LogP contribution >= 0.6 is 0 Å². The second-order valence-electron chi connectivity index (χ2n) is 4.63. The molecule has 1 aromatic heterocycles. The highest BCUT2D eigenvalue weighted by Gasteiger charge is 2.28. The van der Waals surface area contributed by atoms with Gasteiger partial charge in [0.25, 0.3) is 0 Å². The monoisotopic (exact) mass is 207 g/mol. The van der Waals surface area contributed by atoms with E-state index >= 15 is 0 Å². The number of aromatic nitrogens is 2. The first-order valence-electron chi connectivity index (χ1n) is 6.01. The average Bonchev–Trinajstić information content (AvgIpc) is 2.99. The Morgan fingerprint density at radius 1 is 1.60 bits per heavy atom. The molecular formula is C12H21N3. The highest BCUT2D eigenvalue weighted by atomic mass is 15.1. The minimum Gasteiger partial charge on any atom is -0.333 e. The lowest BCUT2D eigenvalue weighted by Crippen LogP contribution is -2.17. The summed E-state index contributed by atoms with van der Waals surface area (Å²) in [6.07, 6.45) is 6.80. The number of hydrogen-bond acceptors (Lipinski definition) is 2. The zero-order valence-corrected chi connectivity index (χ0v) is 9.74. The van der Waals surface area contributed by atoms with E-state index in [1.54, 1.807) is 0 Å². The van der Waals surface area contributed by atoms with Crippen LogP contribution in [0.1, 0.15) is 32.4 Å². The average molecular weight is 207 g/mol. The minimum absolute atomic E-state index is 0.805. The third-order valence-corrected chi connectivity index (χ3v) is 3.27. The predicted molar refractivity (Wildman–Crippen MR) is 61.5 cm³/mol. The summed E-state index contributed by atoms with van der Waals surface area (Å²) in [4.78, 5) is 4.23. The van der Waals surface area contributed by atoms with Gasteiger partial charge in [-0.15, -0.1) is 0 Å². The molecule has 1 aliphatic rings. The van der Waals surface area contributed by atoms with E-state index in [-0.39, 0.29) is 0 Å². The van der Waals surface area contributed by atoms with Crippen LogP contribution in [0.25, 0.3) is 0 Å². The summed E-state index contributed by atoms with van der Waals surface area (Å²) >= 11 is 0. The van der Waals surface area contributed by atoms with Crippen LogP contribution in [-0.4, -0.2) is 16.1 Å². The number of rotatable bonds is 6. The highest BCUT2D eigenvalue weighted by molar-refractivity contribution is 4.98. The van der Waals surface area contributed by atoms with Gasteiger partial charge < -0.3 is 9.88 Å². The van der Waals surface area contributed by atoms with Crippen LogP contribution < -0.4 is 5.32 Å². The second-order valence-corrected chi connectivity index (χ2v) is 4.63. The van der Waals surface area contributed by atoms with Crippen LogP contribution in [-0.2, 0) is 13.1 Å². The predicted octanol–water partition coefficient (Wildman–Crippen LogP) is 2.04. The fourth-order valence-corrected chi connectivity index (χ4v) is 2.04. The van der Waals surface area contributed by atoms with Gasteiger partial charge in [0.05, 0.1) is 12.0 Å². The quantitative estimate of drug-likeness (QED) is 0.773. The Labute approximate surface area is 91.9 Å². The molecule has 3 nitrogen and oxygen atoms in total. The fourth-order valence-electron chi connectivity index (χ4n) is 2.04. The van der Waals surface area contributed by atoms with Gasteiger partial charge in [-0.1, -0.05) is 13.8 Å². The smallest absolute Gasteiger partial charge is 0.0948 e. The molecule has 1 fully saturated rings. The van der Waals surface area contributed by atoms with Gasteiger partial charge in [-0.05, 0) is 31.2 Å². The molecule has 3 heteroatoms. The Kier molecular flexibility index (Phi) is 3.41. The Morgan fingerprint density at radius 2 is 2.40 bits per heavy atom. The fraction of sp³-hybridized carbons (Fsp3) is 0.750. The summed E-state index contributed by atoms with van der Waals surface area (Å²) in [6, 6.07) is 0. The van der Waals surface area contributed by atoms with Crippen molar-refractivity contribution < 1.29 is 0 Å². The molecule has 0 amide bonds. The molecule has 0 spiro atoms. The summed E-state index contributed by atoms with van der Waals surface area (Å²) in [7, 11) is 0. The Bertz CT molecular complexity index is 302. The SMILES string of the molecule is CCNCc1cncn1CC(C)C1CC1. The number of nitrogens with one attached hydrogen (secondary N) is 1. The van der Waals surface area contributed by atoms with Crippen molar-refractivity contribution in [1.29, 1.82) is 0 Å². The summed E-state index contributed by atoms with van der Waals surface area (Å²) in [5.74, 6) is 1.78. The van der Waals surface area contributed by atoms with Gasteiger partial charge in [0.2, 0.25) is 0 Å². The van der Waals surface area contributed by atoms with Crippen LogP contribution in [0.2, 0.25) is 0 Å². The van der Waals surface area contributed by atoms with Crippen molar-refractivity contribution in [3.63, 3.8) is 0 Å². The molecule has 1 unspecified atom stereocenters. The third kappa shape index (κ3) is 2.81. The molecule has 0 saturated heterocycles. The van der Waals surface area contributed by atoms with Gasteiger partial charge in [0.15, 0.2) is 0 Å². The number of nitrogens with zero attached hydrogens (tertiary/aromatic N) is 2. The molecule has 0 bridgehead atoms. The van der Waals surface area contributed by atoms with E-state index in [1.807, 2.05) is 12.5 Å². The first-order chi connectivity index (χ1) is 7.31. The Balaban J connectivity index is 1.91. The standard InChI is InChI=1S/C12H21N3/c1-3-13-6-12-7-14-9-15(12)8-10(2)11-4-5-11/h7,9-11,13H,3-6,8H2,1-2H3. The Hall–Kier alpha value is -0.830. The van der Waals surface area contributed by atoms with Crippen LogP contribution in [0.3, 0.4) is 0 Å². The van der Waals surface area contributed by atoms with E-state index in [9.17, 15) is 0 Å². The summed E-state index contributed by atoms with van der Waals surface area (Å²) in [6.45, 7) is 7.57. The first-order valence-corrected chi connectivity index (χ1v) is 6.01. The summed E-state index contributed by atoms with van der Waals surface area (Å²) < 4.78 is 2.30. The van der Waals surface area contributed by atoms with Crippen molar-refractivity contribution in [2.24, 2.45) is 11.8 Å². The van der Waals surface area contributed by atoms with E-state index in [0.717, 1.165) is 31.5 Å². The van der Waals surface area contributed by atoms with Crippen molar-refractivity contribution in [3.05, 3.63) is 18.2 Å².